The van der Waals surface area contributed by atoms with Gasteiger partial charge in [-0.15, -0.1) is 0 Å². The van der Waals surface area contributed by atoms with Crippen LogP contribution in [0.2, 0.25) is 0 Å². The number of aromatic hydroxyl groups is 1. The SMILES string of the molecule is CC(C)(C)C(C(N)=O)C(c1ccc(O)cc1)C(C)(C)C. The highest BCUT2D eigenvalue weighted by molar-refractivity contribution is 5.78. The number of benzene rings is 1. The highest BCUT2D eigenvalue weighted by atomic mass is 16.3. The Bertz CT molecular complexity index is 463. The third-order valence-electron chi connectivity index (χ3n) is 3.76. The van der Waals surface area contributed by atoms with E-state index in [9.17, 15) is 9.90 Å². The van der Waals surface area contributed by atoms with Crippen LogP contribution >= 0.6 is 0 Å². The number of amides is 1. The first-order valence-electron chi connectivity index (χ1n) is 7.03. The molecule has 3 heteroatoms. The van der Waals surface area contributed by atoms with Crippen LogP contribution in [0.15, 0.2) is 24.3 Å². The molecule has 0 aliphatic carbocycles. The zero-order chi connectivity index (χ0) is 15.7. The van der Waals surface area contributed by atoms with Gasteiger partial charge in [-0.05, 0) is 28.5 Å². The topological polar surface area (TPSA) is 63.3 Å². The molecule has 20 heavy (non-hydrogen) atoms. The molecule has 0 aromatic heterocycles. The average Bonchev–Trinajstić information content (AvgIpc) is 2.23. The molecule has 0 aliphatic rings. The zero-order valence-electron chi connectivity index (χ0n) is 13.4. The fourth-order valence-corrected chi connectivity index (χ4v) is 2.97. The fourth-order valence-electron chi connectivity index (χ4n) is 2.97. The summed E-state index contributed by atoms with van der Waals surface area (Å²) in [6.45, 7) is 12.5. The van der Waals surface area contributed by atoms with Gasteiger partial charge in [-0.3, -0.25) is 4.79 Å². The second kappa shape index (κ2) is 5.47. The van der Waals surface area contributed by atoms with Gasteiger partial charge in [0.05, 0.1) is 0 Å². The highest BCUT2D eigenvalue weighted by Gasteiger charge is 2.43. The summed E-state index contributed by atoms with van der Waals surface area (Å²) in [5, 5.41) is 9.46. The van der Waals surface area contributed by atoms with E-state index in [1.807, 2.05) is 32.9 Å². The molecule has 1 amide bonds. The van der Waals surface area contributed by atoms with Crippen molar-refractivity contribution in [3.05, 3.63) is 29.8 Å². The Hall–Kier alpha value is -1.51. The number of hydrogen-bond donors (Lipinski definition) is 2. The molecule has 0 heterocycles. The number of phenols is 1. The smallest absolute Gasteiger partial charge is 0.221 e. The molecule has 1 rings (SSSR count). The Morgan fingerprint density at radius 3 is 1.75 bits per heavy atom. The van der Waals surface area contributed by atoms with Gasteiger partial charge in [-0.1, -0.05) is 53.7 Å². The summed E-state index contributed by atoms with van der Waals surface area (Å²) in [5.74, 6) is -0.314. The molecule has 0 fully saturated rings. The van der Waals surface area contributed by atoms with E-state index >= 15 is 0 Å². The summed E-state index contributed by atoms with van der Waals surface area (Å²) in [4.78, 5) is 12.0. The number of carbonyl (C=O) groups excluding carboxylic acids is 1. The van der Waals surface area contributed by atoms with Gasteiger partial charge in [-0.2, -0.15) is 0 Å². The lowest BCUT2D eigenvalue weighted by molar-refractivity contribution is -0.127. The van der Waals surface area contributed by atoms with Crippen LogP contribution in [0, 0.1) is 16.7 Å². The molecular formula is C17H27NO2. The molecule has 0 aliphatic heterocycles. The Morgan fingerprint density at radius 2 is 1.45 bits per heavy atom. The largest absolute Gasteiger partial charge is 0.508 e. The molecule has 0 spiro atoms. The van der Waals surface area contributed by atoms with E-state index in [1.165, 1.54) is 0 Å². The molecule has 3 N–H and O–H groups in total. The summed E-state index contributed by atoms with van der Waals surface area (Å²) in [7, 11) is 0. The molecular weight excluding hydrogens is 250 g/mol. The first-order chi connectivity index (χ1) is 8.94. The number of primary amides is 1. The maximum atomic E-state index is 12.0. The number of phenolic OH excluding ortho intramolecular Hbond substituents is 1. The van der Waals surface area contributed by atoms with Crippen LogP contribution in [0.3, 0.4) is 0 Å². The molecule has 2 atom stereocenters. The van der Waals surface area contributed by atoms with Gasteiger partial charge in [0.25, 0.3) is 0 Å². The molecule has 0 bridgehead atoms. The van der Waals surface area contributed by atoms with Crippen LogP contribution in [0.5, 0.6) is 5.75 Å². The molecule has 3 nitrogen and oxygen atoms in total. The zero-order valence-corrected chi connectivity index (χ0v) is 13.4. The van der Waals surface area contributed by atoms with Gasteiger partial charge in [0, 0.05) is 11.8 Å². The van der Waals surface area contributed by atoms with Crippen LogP contribution in [0.1, 0.15) is 53.0 Å². The van der Waals surface area contributed by atoms with Gasteiger partial charge in [0.15, 0.2) is 0 Å². The second-order valence-electron chi connectivity index (χ2n) is 7.68. The van der Waals surface area contributed by atoms with Crippen molar-refractivity contribution in [3.8, 4) is 5.75 Å². The van der Waals surface area contributed by atoms with E-state index in [2.05, 4.69) is 20.8 Å². The molecule has 0 radical (unpaired) electrons. The van der Waals surface area contributed by atoms with E-state index in [4.69, 9.17) is 5.73 Å². The minimum absolute atomic E-state index is 0.000556. The molecule has 2 unspecified atom stereocenters. The fraction of sp³-hybridized carbons (Fsp3) is 0.588. The van der Waals surface area contributed by atoms with Crippen molar-refractivity contribution in [1.29, 1.82) is 0 Å². The second-order valence-corrected chi connectivity index (χ2v) is 7.68. The minimum atomic E-state index is -0.273. The first kappa shape index (κ1) is 16.5. The van der Waals surface area contributed by atoms with Crippen molar-refractivity contribution >= 4 is 5.91 Å². The highest BCUT2D eigenvalue weighted by Crippen LogP contribution is 2.47. The van der Waals surface area contributed by atoms with Crippen LogP contribution < -0.4 is 5.73 Å². The van der Waals surface area contributed by atoms with Crippen molar-refractivity contribution in [2.45, 2.75) is 47.5 Å². The van der Waals surface area contributed by atoms with E-state index in [0.717, 1.165) is 5.56 Å². The lowest BCUT2D eigenvalue weighted by Crippen LogP contribution is -2.42. The summed E-state index contributed by atoms with van der Waals surface area (Å²) in [5.41, 5.74) is 6.41. The summed E-state index contributed by atoms with van der Waals surface area (Å²) >= 11 is 0. The van der Waals surface area contributed by atoms with Crippen LogP contribution in [-0.2, 0) is 4.79 Å². The van der Waals surface area contributed by atoms with Crippen LogP contribution in [0.4, 0.5) is 0 Å². The van der Waals surface area contributed by atoms with Gasteiger partial charge in [0.2, 0.25) is 5.91 Å². The van der Waals surface area contributed by atoms with E-state index in [-0.39, 0.29) is 34.3 Å². The van der Waals surface area contributed by atoms with Gasteiger partial charge in [-0.25, -0.2) is 0 Å². The predicted octanol–water partition coefficient (Wildman–Crippen LogP) is 3.67. The molecule has 1 aromatic rings. The Labute approximate surface area is 122 Å². The molecule has 0 saturated heterocycles. The molecule has 0 saturated carbocycles. The van der Waals surface area contributed by atoms with Crippen molar-refractivity contribution in [2.75, 3.05) is 0 Å². The lowest BCUT2D eigenvalue weighted by Gasteiger charge is -2.42. The van der Waals surface area contributed by atoms with Crippen molar-refractivity contribution in [2.24, 2.45) is 22.5 Å². The standard InChI is InChI=1S/C17H27NO2/c1-16(2,3)13(11-7-9-12(19)10-8-11)14(15(18)20)17(4,5)6/h7-10,13-14,19H,1-6H3,(H2,18,20). The van der Waals surface area contributed by atoms with Crippen LogP contribution in [-0.4, -0.2) is 11.0 Å². The Balaban J connectivity index is 3.39. The monoisotopic (exact) mass is 277 g/mol. The van der Waals surface area contributed by atoms with Crippen molar-refractivity contribution < 1.29 is 9.90 Å². The van der Waals surface area contributed by atoms with Gasteiger partial charge < -0.3 is 10.8 Å². The third kappa shape index (κ3) is 3.75. The number of hydrogen-bond acceptors (Lipinski definition) is 2. The maximum Gasteiger partial charge on any atom is 0.221 e. The Kier molecular flexibility index (Phi) is 4.52. The van der Waals surface area contributed by atoms with Crippen LogP contribution in [0.25, 0.3) is 0 Å². The summed E-state index contributed by atoms with van der Waals surface area (Å²) in [6, 6.07) is 7.09. The first-order valence-corrected chi connectivity index (χ1v) is 7.03. The quantitative estimate of drug-likeness (QED) is 0.885. The lowest BCUT2D eigenvalue weighted by atomic mass is 9.61. The maximum absolute atomic E-state index is 12.0. The molecule has 1 aromatic carbocycles. The van der Waals surface area contributed by atoms with E-state index in [1.54, 1.807) is 12.1 Å². The van der Waals surface area contributed by atoms with Gasteiger partial charge in [0.1, 0.15) is 5.75 Å². The van der Waals surface area contributed by atoms with Crippen molar-refractivity contribution in [1.82, 2.24) is 0 Å². The molecule has 112 valence electrons. The normalized spacial score (nSPS) is 15.7. The number of nitrogens with two attached hydrogens (primary N) is 1. The average molecular weight is 277 g/mol. The van der Waals surface area contributed by atoms with E-state index in [0.29, 0.717) is 0 Å². The summed E-state index contributed by atoms with van der Waals surface area (Å²) < 4.78 is 0. The number of carbonyl (C=O) groups is 1. The number of rotatable bonds is 3. The van der Waals surface area contributed by atoms with Gasteiger partial charge >= 0.3 is 0 Å². The minimum Gasteiger partial charge on any atom is -0.508 e. The van der Waals surface area contributed by atoms with E-state index < -0.39 is 0 Å². The predicted molar refractivity (Wildman–Crippen MR) is 82.4 cm³/mol. The Morgan fingerprint density at radius 1 is 1.00 bits per heavy atom. The third-order valence-corrected chi connectivity index (χ3v) is 3.76. The summed E-state index contributed by atoms with van der Waals surface area (Å²) in [6.07, 6.45) is 0. The van der Waals surface area contributed by atoms with Crippen molar-refractivity contribution in [3.63, 3.8) is 0 Å².